The Bertz CT molecular complexity index is 508. The van der Waals surface area contributed by atoms with E-state index >= 15 is 0 Å². The van der Waals surface area contributed by atoms with Crippen LogP contribution in [-0.2, 0) is 0 Å². The second-order valence-electron chi connectivity index (χ2n) is 4.54. The minimum absolute atomic E-state index is 0.000702. The predicted octanol–water partition coefficient (Wildman–Crippen LogP) is 0.0217. The van der Waals surface area contributed by atoms with E-state index in [1.807, 2.05) is 6.07 Å². The first-order valence-corrected chi connectivity index (χ1v) is 6.67. The molecule has 1 aliphatic heterocycles. The van der Waals surface area contributed by atoms with Crippen molar-refractivity contribution in [2.45, 2.75) is 12.8 Å². The molecule has 0 atom stereocenters. The minimum Gasteiger partial charge on any atom is -0.404 e. The number of hydrogen-bond acceptors (Lipinski definition) is 7. The van der Waals surface area contributed by atoms with Gasteiger partial charge in [-0.05, 0) is 12.8 Å². The lowest BCUT2D eigenvalue weighted by atomic mass is 10.2. The van der Waals surface area contributed by atoms with Crippen LogP contribution in [0.15, 0.2) is 17.3 Å². The van der Waals surface area contributed by atoms with Crippen LogP contribution < -0.4 is 16.4 Å². The van der Waals surface area contributed by atoms with Crippen LogP contribution in [-0.4, -0.2) is 47.5 Å². The molecule has 0 radical (unpaired) electrons. The number of anilines is 2. The van der Waals surface area contributed by atoms with Crippen LogP contribution in [0.1, 0.15) is 18.5 Å². The Kier molecular flexibility index (Phi) is 4.89. The Hall–Kier alpha value is -2.15. The van der Waals surface area contributed by atoms with E-state index in [0.29, 0.717) is 17.8 Å². The monoisotopic (exact) mass is 276 g/mol. The Morgan fingerprint density at radius 3 is 2.80 bits per heavy atom. The molecule has 20 heavy (non-hydrogen) atoms. The summed E-state index contributed by atoms with van der Waals surface area (Å²) in [5.74, 6) is 1.04. The van der Waals surface area contributed by atoms with Gasteiger partial charge < -0.3 is 21.5 Å². The molecule has 7 nitrogen and oxygen atoms in total. The highest BCUT2D eigenvalue weighted by atomic mass is 16.3. The normalized spacial score (nSPS) is 16.2. The number of aliphatic hydroxyl groups is 1. The first-order chi connectivity index (χ1) is 9.74. The summed E-state index contributed by atoms with van der Waals surface area (Å²) >= 11 is 0. The van der Waals surface area contributed by atoms with E-state index in [1.54, 1.807) is 6.21 Å². The zero-order chi connectivity index (χ0) is 14.4. The van der Waals surface area contributed by atoms with Gasteiger partial charge in [-0.1, -0.05) is 0 Å². The van der Waals surface area contributed by atoms with Gasteiger partial charge in [0.25, 0.3) is 0 Å². The van der Waals surface area contributed by atoms with Crippen molar-refractivity contribution >= 4 is 23.6 Å². The van der Waals surface area contributed by atoms with Crippen LogP contribution >= 0.6 is 0 Å². The summed E-state index contributed by atoms with van der Waals surface area (Å²) in [7, 11) is 0. The molecule has 0 aromatic carbocycles. The number of aliphatic imine (C=N–C) groups is 1. The van der Waals surface area contributed by atoms with E-state index in [4.69, 9.17) is 16.6 Å². The molecule has 5 N–H and O–H groups in total. The minimum atomic E-state index is -0.000702. The summed E-state index contributed by atoms with van der Waals surface area (Å²) in [6, 6.07) is 1.87. The van der Waals surface area contributed by atoms with Crippen molar-refractivity contribution in [1.29, 1.82) is 0 Å². The third-order valence-corrected chi connectivity index (χ3v) is 3.09. The van der Waals surface area contributed by atoms with Crippen molar-refractivity contribution in [3.63, 3.8) is 0 Å². The summed E-state index contributed by atoms with van der Waals surface area (Å²) < 4.78 is 0. The summed E-state index contributed by atoms with van der Waals surface area (Å²) in [6.07, 6.45) is 5.34. The molecule has 7 heteroatoms. The number of rotatable bonds is 5. The largest absolute Gasteiger partial charge is 0.404 e. The fourth-order valence-corrected chi connectivity index (χ4v) is 2.12. The average Bonchev–Trinajstić information content (AvgIpc) is 2.97. The first kappa shape index (κ1) is 14.3. The van der Waals surface area contributed by atoms with E-state index in [0.717, 1.165) is 31.7 Å². The smallest absolute Gasteiger partial charge is 0.222 e. The number of allylic oxidation sites excluding steroid dienone is 1. The maximum Gasteiger partial charge on any atom is 0.222 e. The zero-order valence-corrected chi connectivity index (χ0v) is 11.4. The molecule has 1 fully saturated rings. The molecule has 0 unspecified atom stereocenters. The number of nitrogen functional groups attached to an aromatic ring is 1. The highest BCUT2D eigenvalue weighted by molar-refractivity contribution is 6.09. The van der Waals surface area contributed by atoms with Crippen LogP contribution in [0, 0.1) is 0 Å². The van der Waals surface area contributed by atoms with Crippen molar-refractivity contribution in [2.24, 2.45) is 10.7 Å². The fourth-order valence-electron chi connectivity index (χ4n) is 2.12. The molecular weight excluding hydrogens is 256 g/mol. The lowest BCUT2D eigenvalue weighted by Gasteiger charge is -2.17. The van der Waals surface area contributed by atoms with Gasteiger partial charge in [-0.25, -0.2) is 4.98 Å². The Balaban J connectivity index is 2.26. The Morgan fingerprint density at radius 2 is 2.15 bits per heavy atom. The molecule has 0 bridgehead atoms. The van der Waals surface area contributed by atoms with Crippen LogP contribution in [0.3, 0.4) is 0 Å². The van der Waals surface area contributed by atoms with Crippen molar-refractivity contribution in [1.82, 2.24) is 9.97 Å². The van der Waals surface area contributed by atoms with Gasteiger partial charge in [0.05, 0.1) is 18.8 Å². The summed E-state index contributed by atoms with van der Waals surface area (Å²) in [5.41, 5.74) is 12.7. The third-order valence-electron chi connectivity index (χ3n) is 3.09. The van der Waals surface area contributed by atoms with E-state index < -0.39 is 0 Å². The van der Waals surface area contributed by atoms with E-state index in [2.05, 4.69) is 19.9 Å². The average molecular weight is 276 g/mol. The zero-order valence-electron chi connectivity index (χ0n) is 11.4. The first-order valence-electron chi connectivity index (χ1n) is 6.67. The molecule has 1 aliphatic rings. The Labute approximate surface area is 118 Å². The molecule has 2 heterocycles. The van der Waals surface area contributed by atoms with E-state index in [9.17, 15) is 0 Å². The van der Waals surface area contributed by atoms with Gasteiger partial charge in [-0.15, -0.1) is 0 Å². The number of aliphatic hydroxyl groups excluding tert-OH is 1. The molecule has 108 valence electrons. The molecule has 1 saturated heterocycles. The Morgan fingerprint density at radius 1 is 1.40 bits per heavy atom. The molecule has 1 aromatic rings. The second-order valence-corrected chi connectivity index (χ2v) is 4.54. The summed E-state index contributed by atoms with van der Waals surface area (Å²) in [6.45, 7) is 2.29. The predicted molar refractivity (Wildman–Crippen MR) is 80.5 cm³/mol. The van der Waals surface area contributed by atoms with Gasteiger partial charge in [0.1, 0.15) is 5.82 Å². The molecule has 0 saturated carbocycles. The van der Waals surface area contributed by atoms with E-state index in [1.165, 1.54) is 6.20 Å². The maximum atomic E-state index is 8.74. The molecule has 2 rings (SSSR count). The van der Waals surface area contributed by atoms with Crippen molar-refractivity contribution in [3.8, 4) is 0 Å². The van der Waals surface area contributed by atoms with Gasteiger partial charge >= 0.3 is 0 Å². The van der Waals surface area contributed by atoms with Crippen molar-refractivity contribution in [3.05, 3.63) is 18.0 Å². The van der Waals surface area contributed by atoms with Gasteiger partial charge in [0.2, 0.25) is 5.95 Å². The summed E-state index contributed by atoms with van der Waals surface area (Å²) in [5, 5.41) is 8.74. The highest BCUT2D eigenvalue weighted by Gasteiger charge is 2.16. The highest BCUT2D eigenvalue weighted by Crippen LogP contribution is 2.21. The van der Waals surface area contributed by atoms with Gasteiger partial charge in [-0.2, -0.15) is 4.98 Å². The van der Waals surface area contributed by atoms with Gasteiger partial charge in [-0.3, -0.25) is 4.99 Å². The SMILES string of the molecule is N/C=C(\C=NCCO)c1cc(N2CCCC2)nc(N)n1. The number of aromatic nitrogens is 2. The van der Waals surface area contributed by atoms with Crippen LogP contribution in [0.25, 0.3) is 5.57 Å². The van der Waals surface area contributed by atoms with Crippen LogP contribution in [0.2, 0.25) is 0 Å². The fraction of sp³-hybridized carbons (Fsp3) is 0.462. The third kappa shape index (κ3) is 3.45. The van der Waals surface area contributed by atoms with Crippen molar-refractivity contribution < 1.29 is 5.11 Å². The second kappa shape index (κ2) is 6.85. The molecular formula is C13H20N6O. The lowest BCUT2D eigenvalue weighted by Crippen LogP contribution is -2.20. The molecule has 0 spiro atoms. The molecule has 0 amide bonds. The van der Waals surface area contributed by atoms with Crippen LogP contribution in [0.5, 0.6) is 0 Å². The van der Waals surface area contributed by atoms with Gasteiger partial charge in [0, 0.05) is 37.1 Å². The topological polar surface area (TPSA) is 114 Å². The van der Waals surface area contributed by atoms with E-state index in [-0.39, 0.29) is 12.6 Å². The number of nitrogens with two attached hydrogens (primary N) is 2. The maximum absolute atomic E-state index is 8.74. The van der Waals surface area contributed by atoms with Crippen molar-refractivity contribution in [2.75, 3.05) is 36.9 Å². The quantitative estimate of drug-likeness (QED) is 0.653. The standard InChI is InChI=1S/C13H20N6O/c14-8-10(9-16-3-6-20)11-7-12(18-13(15)17-11)19-4-1-2-5-19/h7-9,20H,1-6,14H2,(H2,15,17,18)/b10-8+,16-9?. The lowest BCUT2D eigenvalue weighted by molar-refractivity contribution is 0.307. The summed E-state index contributed by atoms with van der Waals surface area (Å²) in [4.78, 5) is 14.7. The van der Waals surface area contributed by atoms with Crippen LogP contribution in [0.4, 0.5) is 11.8 Å². The molecule has 0 aliphatic carbocycles. The van der Waals surface area contributed by atoms with Gasteiger partial charge in [0.15, 0.2) is 0 Å². The number of nitrogens with zero attached hydrogens (tertiary/aromatic N) is 4. The number of hydrogen-bond donors (Lipinski definition) is 3. The molecule has 1 aromatic heterocycles.